The lowest BCUT2D eigenvalue weighted by molar-refractivity contribution is -0.133. The molecule has 0 aromatic rings. The van der Waals surface area contributed by atoms with Crippen molar-refractivity contribution in [1.82, 2.24) is 15.1 Å². The summed E-state index contributed by atoms with van der Waals surface area (Å²) in [6.45, 7) is 5.18. The van der Waals surface area contributed by atoms with E-state index in [4.69, 9.17) is 0 Å². The van der Waals surface area contributed by atoms with Crippen LogP contribution in [0.25, 0.3) is 0 Å². The van der Waals surface area contributed by atoms with Gasteiger partial charge in [-0.3, -0.25) is 9.69 Å². The van der Waals surface area contributed by atoms with Crippen molar-refractivity contribution in [2.45, 2.75) is 31.7 Å². The van der Waals surface area contributed by atoms with Gasteiger partial charge in [0.15, 0.2) is 0 Å². The number of amides is 1. The first kappa shape index (κ1) is 18.0. The van der Waals surface area contributed by atoms with Crippen LogP contribution in [-0.4, -0.2) is 61.5 Å². The van der Waals surface area contributed by atoms with Gasteiger partial charge in [-0.15, -0.1) is 24.8 Å². The number of fused-ring (bicyclic) bond motifs is 1. The average molecular weight is 298 g/mol. The normalized spacial score (nSPS) is 22.9. The highest BCUT2D eigenvalue weighted by molar-refractivity contribution is 5.85. The van der Waals surface area contributed by atoms with Crippen molar-refractivity contribution in [3.8, 4) is 0 Å². The van der Waals surface area contributed by atoms with Gasteiger partial charge in [-0.25, -0.2) is 0 Å². The molecule has 1 atom stereocenters. The zero-order valence-corrected chi connectivity index (χ0v) is 12.7. The molecule has 1 amide bonds. The molecule has 2 aliphatic rings. The third-order valence-corrected chi connectivity index (χ3v) is 3.76. The van der Waals surface area contributed by atoms with Gasteiger partial charge in [0.1, 0.15) is 0 Å². The number of hydrogen-bond donors (Lipinski definition) is 1. The van der Waals surface area contributed by atoms with E-state index in [1.54, 1.807) is 0 Å². The first-order chi connectivity index (χ1) is 7.81. The van der Waals surface area contributed by atoms with E-state index in [9.17, 15) is 4.79 Å². The van der Waals surface area contributed by atoms with Crippen molar-refractivity contribution in [3.05, 3.63) is 0 Å². The Bertz CT molecular complexity index is 253. The number of halogens is 2. The summed E-state index contributed by atoms with van der Waals surface area (Å²) in [7, 11) is 1.93. The van der Waals surface area contributed by atoms with E-state index in [0.29, 0.717) is 18.4 Å². The van der Waals surface area contributed by atoms with Crippen molar-refractivity contribution in [2.24, 2.45) is 0 Å². The average Bonchev–Trinajstić information content (AvgIpc) is 2.76. The lowest BCUT2D eigenvalue weighted by atomic mass is 10.1. The van der Waals surface area contributed by atoms with Gasteiger partial charge in [-0.05, 0) is 39.4 Å². The van der Waals surface area contributed by atoms with Crippen LogP contribution in [0.1, 0.15) is 25.7 Å². The number of nitrogens with one attached hydrogen (secondary N) is 1. The van der Waals surface area contributed by atoms with Crippen LogP contribution in [0.5, 0.6) is 0 Å². The minimum Gasteiger partial charge on any atom is -0.340 e. The molecule has 0 saturated carbocycles. The third-order valence-electron chi connectivity index (χ3n) is 3.76. The van der Waals surface area contributed by atoms with Crippen LogP contribution in [0.15, 0.2) is 0 Å². The lowest BCUT2D eigenvalue weighted by Crippen LogP contribution is -2.52. The molecular weight excluding hydrogens is 273 g/mol. The van der Waals surface area contributed by atoms with Crippen LogP contribution in [0.2, 0.25) is 0 Å². The van der Waals surface area contributed by atoms with Crippen molar-refractivity contribution < 1.29 is 4.79 Å². The minimum atomic E-state index is 0. The summed E-state index contributed by atoms with van der Waals surface area (Å²) in [4.78, 5) is 16.6. The maximum absolute atomic E-state index is 11.9. The fraction of sp³-hybridized carbons (Fsp3) is 0.917. The predicted molar refractivity (Wildman–Crippen MR) is 78.8 cm³/mol. The molecule has 2 fully saturated rings. The van der Waals surface area contributed by atoms with Gasteiger partial charge in [0.2, 0.25) is 5.91 Å². The zero-order valence-electron chi connectivity index (χ0n) is 11.1. The van der Waals surface area contributed by atoms with E-state index >= 15 is 0 Å². The molecule has 0 aromatic carbocycles. The molecule has 4 nitrogen and oxygen atoms in total. The smallest absolute Gasteiger partial charge is 0.222 e. The Labute approximate surface area is 122 Å². The molecule has 1 N–H and O–H groups in total. The van der Waals surface area contributed by atoms with Crippen LogP contribution in [0, 0.1) is 0 Å². The largest absolute Gasteiger partial charge is 0.340 e. The Morgan fingerprint density at radius 2 is 2.06 bits per heavy atom. The first-order valence-electron chi connectivity index (χ1n) is 6.47. The van der Waals surface area contributed by atoms with E-state index in [1.807, 2.05) is 7.05 Å². The van der Waals surface area contributed by atoms with Crippen LogP contribution >= 0.6 is 24.8 Å². The second kappa shape index (κ2) is 8.97. The van der Waals surface area contributed by atoms with Crippen LogP contribution < -0.4 is 5.32 Å². The van der Waals surface area contributed by atoms with Crippen molar-refractivity contribution in [3.63, 3.8) is 0 Å². The predicted octanol–water partition coefficient (Wildman–Crippen LogP) is 1.14. The molecule has 0 spiro atoms. The van der Waals surface area contributed by atoms with Gasteiger partial charge < -0.3 is 10.2 Å². The highest BCUT2D eigenvalue weighted by Gasteiger charge is 2.31. The number of carbonyl (C=O) groups excluding carboxylic acids is 1. The van der Waals surface area contributed by atoms with Crippen molar-refractivity contribution in [1.29, 1.82) is 0 Å². The SMILES string of the molecule is CNCCCC(=O)N1CCN2CCCC2C1.Cl.Cl. The van der Waals surface area contributed by atoms with Crippen LogP contribution in [0.4, 0.5) is 0 Å². The number of piperazine rings is 1. The topological polar surface area (TPSA) is 35.6 Å². The van der Waals surface area contributed by atoms with Gasteiger partial charge in [0.25, 0.3) is 0 Å². The monoisotopic (exact) mass is 297 g/mol. The molecule has 18 heavy (non-hydrogen) atoms. The highest BCUT2D eigenvalue weighted by Crippen LogP contribution is 2.21. The van der Waals surface area contributed by atoms with Crippen LogP contribution in [0.3, 0.4) is 0 Å². The van der Waals surface area contributed by atoms with Crippen LogP contribution in [-0.2, 0) is 4.79 Å². The molecule has 0 radical (unpaired) electrons. The summed E-state index contributed by atoms with van der Waals surface area (Å²) in [5, 5.41) is 3.08. The Morgan fingerprint density at radius 3 is 2.78 bits per heavy atom. The molecular formula is C12H25Cl2N3O. The number of nitrogens with zero attached hydrogens (tertiary/aromatic N) is 2. The van der Waals surface area contributed by atoms with Crippen molar-refractivity contribution >= 4 is 30.7 Å². The quantitative estimate of drug-likeness (QED) is 0.791. The second-order valence-corrected chi connectivity index (χ2v) is 4.88. The number of rotatable bonds is 4. The molecule has 0 bridgehead atoms. The highest BCUT2D eigenvalue weighted by atomic mass is 35.5. The molecule has 1 unspecified atom stereocenters. The maximum Gasteiger partial charge on any atom is 0.222 e. The van der Waals surface area contributed by atoms with E-state index in [1.165, 1.54) is 19.4 Å². The first-order valence-corrected chi connectivity index (χ1v) is 6.47. The zero-order chi connectivity index (χ0) is 11.4. The number of hydrogen-bond acceptors (Lipinski definition) is 3. The maximum atomic E-state index is 11.9. The summed E-state index contributed by atoms with van der Waals surface area (Å²) < 4.78 is 0. The molecule has 2 saturated heterocycles. The standard InChI is InChI=1S/C12H23N3O.2ClH/c1-13-6-2-5-12(16)15-9-8-14-7-3-4-11(14)10-15;;/h11,13H,2-10H2,1H3;2*1H. The summed E-state index contributed by atoms with van der Waals surface area (Å²) in [5.41, 5.74) is 0. The van der Waals surface area contributed by atoms with Gasteiger partial charge in [-0.1, -0.05) is 0 Å². The molecule has 2 heterocycles. The van der Waals surface area contributed by atoms with E-state index < -0.39 is 0 Å². The summed E-state index contributed by atoms with van der Waals surface area (Å²) in [6, 6.07) is 0.655. The van der Waals surface area contributed by atoms with E-state index in [2.05, 4.69) is 15.1 Å². The van der Waals surface area contributed by atoms with Crippen molar-refractivity contribution in [2.75, 3.05) is 39.8 Å². The Hall–Kier alpha value is -0.0300. The number of carbonyl (C=O) groups is 1. The Balaban J connectivity index is 0.00000144. The molecule has 0 aliphatic carbocycles. The summed E-state index contributed by atoms with van der Waals surface area (Å²) in [5.74, 6) is 0.349. The molecule has 2 aliphatic heterocycles. The Kier molecular flexibility index (Phi) is 8.95. The lowest BCUT2D eigenvalue weighted by Gasteiger charge is -2.37. The fourth-order valence-corrected chi connectivity index (χ4v) is 2.79. The molecule has 2 rings (SSSR count). The molecule has 108 valence electrons. The fourth-order valence-electron chi connectivity index (χ4n) is 2.79. The second-order valence-electron chi connectivity index (χ2n) is 4.88. The Morgan fingerprint density at radius 1 is 1.28 bits per heavy atom. The molecule has 6 heteroatoms. The van der Waals surface area contributed by atoms with E-state index in [-0.39, 0.29) is 24.8 Å². The van der Waals surface area contributed by atoms with E-state index in [0.717, 1.165) is 32.6 Å². The minimum absolute atomic E-state index is 0. The van der Waals surface area contributed by atoms with Gasteiger partial charge in [0, 0.05) is 32.1 Å². The summed E-state index contributed by atoms with van der Waals surface area (Å²) in [6.07, 6.45) is 4.25. The van der Waals surface area contributed by atoms with Gasteiger partial charge in [-0.2, -0.15) is 0 Å². The summed E-state index contributed by atoms with van der Waals surface area (Å²) >= 11 is 0. The molecule has 0 aromatic heterocycles. The van der Waals surface area contributed by atoms with Gasteiger partial charge >= 0.3 is 0 Å². The van der Waals surface area contributed by atoms with Gasteiger partial charge in [0.05, 0.1) is 0 Å². The third kappa shape index (κ3) is 4.57.